The van der Waals surface area contributed by atoms with E-state index in [4.69, 9.17) is 4.55 Å². The molecular weight excluding hydrogens is 244 g/mol. The van der Waals surface area contributed by atoms with Crippen molar-refractivity contribution in [3.63, 3.8) is 0 Å². The Kier molecular flexibility index (Phi) is 7.16. The lowest BCUT2D eigenvalue weighted by atomic mass is 10.4. The van der Waals surface area contributed by atoms with Crippen LogP contribution in [-0.2, 0) is 19.6 Å². The zero-order valence-corrected chi connectivity index (χ0v) is 10.6. The lowest BCUT2D eigenvalue weighted by Gasteiger charge is -1.93. The SMILES string of the molecule is CCOC(=O)CC.O=S(=O)(O)c1ccccc1. The van der Waals surface area contributed by atoms with Crippen LogP contribution in [0.25, 0.3) is 0 Å². The molecule has 6 heteroatoms. The van der Waals surface area contributed by atoms with Crippen LogP contribution in [0.2, 0.25) is 0 Å². The molecule has 0 unspecified atom stereocenters. The van der Waals surface area contributed by atoms with Gasteiger partial charge in [-0.05, 0) is 19.1 Å². The highest BCUT2D eigenvalue weighted by Crippen LogP contribution is 2.05. The van der Waals surface area contributed by atoms with E-state index in [1.165, 1.54) is 12.1 Å². The predicted molar refractivity (Wildman–Crippen MR) is 63.2 cm³/mol. The summed E-state index contributed by atoms with van der Waals surface area (Å²) in [6, 6.07) is 7.42. The van der Waals surface area contributed by atoms with Gasteiger partial charge in [0.25, 0.3) is 10.1 Å². The molecule has 0 amide bonds. The fourth-order valence-electron chi connectivity index (χ4n) is 0.856. The summed E-state index contributed by atoms with van der Waals surface area (Å²) in [4.78, 5) is 10.1. The van der Waals surface area contributed by atoms with Gasteiger partial charge in [0.1, 0.15) is 0 Å². The quantitative estimate of drug-likeness (QED) is 0.663. The zero-order valence-electron chi connectivity index (χ0n) is 9.79. The number of esters is 1. The zero-order chi connectivity index (χ0) is 13.3. The van der Waals surface area contributed by atoms with Crippen molar-refractivity contribution in [2.24, 2.45) is 0 Å². The van der Waals surface area contributed by atoms with Gasteiger partial charge in [0, 0.05) is 6.42 Å². The van der Waals surface area contributed by atoms with E-state index in [9.17, 15) is 13.2 Å². The summed E-state index contributed by atoms with van der Waals surface area (Å²) in [6.07, 6.45) is 0.480. The number of hydrogen-bond donors (Lipinski definition) is 1. The van der Waals surface area contributed by atoms with Gasteiger partial charge in [-0.25, -0.2) is 0 Å². The molecule has 1 rings (SSSR count). The Hall–Kier alpha value is -1.40. The second kappa shape index (κ2) is 7.81. The Labute approximate surface area is 101 Å². The molecule has 1 aromatic rings. The number of carbonyl (C=O) groups excluding carboxylic acids is 1. The maximum absolute atomic E-state index is 10.4. The van der Waals surface area contributed by atoms with Crippen molar-refractivity contribution in [2.45, 2.75) is 25.2 Å². The third kappa shape index (κ3) is 7.48. The van der Waals surface area contributed by atoms with Crippen LogP contribution in [0.1, 0.15) is 20.3 Å². The van der Waals surface area contributed by atoms with Gasteiger partial charge in [0.15, 0.2) is 0 Å². The first kappa shape index (κ1) is 15.6. The topological polar surface area (TPSA) is 80.7 Å². The Balaban J connectivity index is 0.000000325. The molecule has 1 aromatic carbocycles. The summed E-state index contributed by atoms with van der Waals surface area (Å²) >= 11 is 0. The molecule has 0 heterocycles. The van der Waals surface area contributed by atoms with Gasteiger partial charge in [0.05, 0.1) is 11.5 Å². The third-order valence-electron chi connectivity index (χ3n) is 1.64. The van der Waals surface area contributed by atoms with Crippen molar-refractivity contribution >= 4 is 16.1 Å². The average molecular weight is 260 g/mol. The molecule has 0 aliphatic carbocycles. The molecule has 0 saturated heterocycles. The van der Waals surface area contributed by atoms with Crippen molar-refractivity contribution in [3.8, 4) is 0 Å². The predicted octanol–water partition coefficient (Wildman–Crippen LogP) is 1.89. The fraction of sp³-hybridized carbons (Fsp3) is 0.364. The van der Waals surface area contributed by atoms with Crippen LogP contribution >= 0.6 is 0 Å². The Morgan fingerprint density at radius 1 is 1.24 bits per heavy atom. The molecule has 0 aromatic heterocycles. The fourth-order valence-corrected chi connectivity index (χ4v) is 1.36. The molecule has 0 radical (unpaired) electrons. The monoisotopic (exact) mass is 260 g/mol. The van der Waals surface area contributed by atoms with E-state index >= 15 is 0 Å². The molecule has 0 fully saturated rings. The Morgan fingerprint density at radius 3 is 2.00 bits per heavy atom. The van der Waals surface area contributed by atoms with Crippen LogP contribution in [0.15, 0.2) is 35.2 Å². The van der Waals surface area contributed by atoms with Gasteiger partial charge >= 0.3 is 5.97 Å². The molecule has 0 atom stereocenters. The lowest BCUT2D eigenvalue weighted by molar-refractivity contribution is -0.142. The third-order valence-corrected chi connectivity index (χ3v) is 2.50. The van der Waals surface area contributed by atoms with E-state index in [1.807, 2.05) is 0 Å². The van der Waals surface area contributed by atoms with Gasteiger partial charge in [-0.3, -0.25) is 9.35 Å². The summed E-state index contributed by atoms with van der Waals surface area (Å²) in [5, 5.41) is 0. The Morgan fingerprint density at radius 2 is 1.76 bits per heavy atom. The molecule has 0 aliphatic rings. The van der Waals surface area contributed by atoms with Crippen molar-refractivity contribution in [3.05, 3.63) is 30.3 Å². The molecule has 0 spiro atoms. The molecule has 0 bridgehead atoms. The van der Waals surface area contributed by atoms with Crippen molar-refractivity contribution < 1.29 is 22.5 Å². The first-order chi connectivity index (χ1) is 7.91. The van der Waals surface area contributed by atoms with Crippen LogP contribution in [0, 0.1) is 0 Å². The van der Waals surface area contributed by atoms with Gasteiger partial charge < -0.3 is 4.74 Å². The molecule has 96 valence electrons. The van der Waals surface area contributed by atoms with E-state index < -0.39 is 10.1 Å². The molecule has 17 heavy (non-hydrogen) atoms. The standard InChI is InChI=1S/C6H6O3S.C5H10O2/c7-10(8,9)6-4-2-1-3-5-6;1-3-5(6)7-4-2/h1-5H,(H,7,8,9);3-4H2,1-2H3. The van der Waals surface area contributed by atoms with Crippen LogP contribution in [-0.4, -0.2) is 25.5 Å². The van der Waals surface area contributed by atoms with Gasteiger partial charge in [0.2, 0.25) is 0 Å². The highest BCUT2D eigenvalue weighted by molar-refractivity contribution is 7.85. The van der Waals surface area contributed by atoms with E-state index in [0.29, 0.717) is 13.0 Å². The van der Waals surface area contributed by atoms with Crippen molar-refractivity contribution in [2.75, 3.05) is 6.61 Å². The van der Waals surface area contributed by atoms with Gasteiger partial charge in [-0.15, -0.1) is 0 Å². The van der Waals surface area contributed by atoms with Crippen molar-refractivity contribution in [1.29, 1.82) is 0 Å². The molecular formula is C11H16O5S. The minimum Gasteiger partial charge on any atom is -0.466 e. The van der Waals surface area contributed by atoms with Gasteiger partial charge in [-0.1, -0.05) is 25.1 Å². The van der Waals surface area contributed by atoms with E-state index in [0.717, 1.165) is 0 Å². The van der Waals surface area contributed by atoms with Crippen LogP contribution < -0.4 is 0 Å². The number of benzene rings is 1. The second-order valence-electron chi connectivity index (χ2n) is 2.95. The summed E-state index contributed by atoms with van der Waals surface area (Å²) in [5.74, 6) is -0.123. The minimum absolute atomic E-state index is 0.0741. The molecule has 0 aliphatic heterocycles. The average Bonchev–Trinajstić information content (AvgIpc) is 2.30. The van der Waals surface area contributed by atoms with Crippen molar-refractivity contribution in [1.82, 2.24) is 0 Å². The van der Waals surface area contributed by atoms with Crippen LogP contribution in [0.4, 0.5) is 0 Å². The smallest absolute Gasteiger partial charge is 0.305 e. The maximum atomic E-state index is 10.4. The number of carbonyl (C=O) groups is 1. The number of rotatable bonds is 3. The lowest BCUT2D eigenvalue weighted by Crippen LogP contribution is -2.00. The van der Waals surface area contributed by atoms with Crippen LogP contribution in [0.5, 0.6) is 0 Å². The number of ether oxygens (including phenoxy) is 1. The number of hydrogen-bond acceptors (Lipinski definition) is 4. The highest BCUT2D eigenvalue weighted by atomic mass is 32.2. The summed E-state index contributed by atoms with van der Waals surface area (Å²) in [5.41, 5.74) is 0. The minimum atomic E-state index is -4.00. The first-order valence-corrected chi connectivity index (χ1v) is 6.54. The second-order valence-corrected chi connectivity index (χ2v) is 4.37. The van der Waals surface area contributed by atoms with E-state index in [2.05, 4.69) is 4.74 Å². The summed E-state index contributed by atoms with van der Waals surface area (Å²) in [7, 11) is -4.00. The van der Waals surface area contributed by atoms with Gasteiger partial charge in [-0.2, -0.15) is 8.42 Å². The molecule has 0 saturated carbocycles. The maximum Gasteiger partial charge on any atom is 0.305 e. The highest BCUT2D eigenvalue weighted by Gasteiger charge is 2.05. The summed E-state index contributed by atoms with van der Waals surface area (Å²) in [6.45, 7) is 4.07. The van der Waals surface area contributed by atoms with E-state index in [1.54, 1.807) is 32.0 Å². The largest absolute Gasteiger partial charge is 0.466 e. The van der Waals surface area contributed by atoms with E-state index in [-0.39, 0.29) is 10.9 Å². The van der Waals surface area contributed by atoms with Crippen LogP contribution in [0.3, 0.4) is 0 Å². The Bertz CT molecular complexity index is 424. The first-order valence-electron chi connectivity index (χ1n) is 5.10. The summed E-state index contributed by atoms with van der Waals surface area (Å²) < 4.78 is 33.8. The molecule has 5 nitrogen and oxygen atoms in total. The normalized spacial score (nSPS) is 10.1. The molecule has 1 N–H and O–H groups in total.